The predicted octanol–water partition coefficient (Wildman–Crippen LogP) is 5.52. The van der Waals surface area contributed by atoms with Gasteiger partial charge in [-0.05, 0) is 54.3 Å². The van der Waals surface area contributed by atoms with Gasteiger partial charge in [0.25, 0.3) is 0 Å². The number of hydrogen-bond acceptors (Lipinski definition) is 3. The van der Waals surface area contributed by atoms with Gasteiger partial charge in [-0.2, -0.15) is 18.3 Å². The summed E-state index contributed by atoms with van der Waals surface area (Å²) in [7, 11) is 0. The number of fused-ring (bicyclic) bond motifs is 2. The molecule has 1 aliphatic rings. The van der Waals surface area contributed by atoms with E-state index in [4.69, 9.17) is 0 Å². The van der Waals surface area contributed by atoms with Crippen LogP contribution in [0.5, 0.6) is 0 Å². The molecule has 9 heteroatoms. The summed E-state index contributed by atoms with van der Waals surface area (Å²) >= 11 is 0. The molecule has 0 radical (unpaired) electrons. The van der Waals surface area contributed by atoms with Crippen molar-refractivity contribution in [1.82, 2.24) is 15.5 Å². The van der Waals surface area contributed by atoms with Gasteiger partial charge in [-0.25, -0.2) is 8.78 Å². The van der Waals surface area contributed by atoms with Crippen molar-refractivity contribution in [3.8, 4) is 0 Å². The Balaban J connectivity index is 0.000000184. The zero-order valence-electron chi connectivity index (χ0n) is 16.0. The molecule has 0 atom stereocenters. The van der Waals surface area contributed by atoms with Crippen LogP contribution in [0.4, 0.5) is 27.6 Å². The van der Waals surface area contributed by atoms with Crippen LogP contribution in [0.1, 0.15) is 18.1 Å². The standard InChI is InChI=1S/C11H11F3N4.C10H8F2/c1-7(15-6-11(12,13)14)17-9-2-3-10-8(4-9)5-16-18-10;1-6-2-3-8-9(6)4-7(11)5-10(8)12/h2-5,15,17H,1,6H2,(H,16,18);2,4-5H,3H2,1H3. The highest BCUT2D eigenvalue weighted by Gasteiger charge is 2.26. The molecular formula is C21H19F5N4. The van der Waals surface area contributed by atoms with Crippen LogP contribution in [-0.2, 0) is 6.42 Å². The number of allylic oxidation sites excluding steroid dienone is 2. The van der Waals surface area contributed by atoms with E-state index >= 15 is 0 Å². The van der Waals surface area contributed by atoms with Crippen molar-refractivity contribution < 1.29 is 22.0 Å². The van der Waals surface area contributed by atoms with E-state index in [2.05, 4.69) is 27.4 Å². The molecule has 4 nitrogen and oxygen atoms in total. The Morgan fingerprint density at radius 2 is 1.97 bits per heavy atom. The largest absolute Gasteiger partial charge is 0.405 e. The van der Waals surface area contributed by atoms with E-state index in [1.165, 1.54) is 6.07 Å². The molecule has 0 aliphatic heterocycles. The van der Waals surface area contributed by atoms with Crippen LogP contribution in [0.15, 0.2) is 55.0 Å². The van der Waals surface area contributed by atoms with Gasteiger partial charge in [0.15, 0.2) is 0 Å². The Labute approximate surface area is 169 Å². The summed E-state index contributed by atoms with van der Waals surface area (Å²) in [4.78, 5) is 0. The number of nitrogens with zero attached hydrogens (tertiary/aromatic N) is 1. The minimum atomic E-state index is -4.26. The Morgan fingerprint density at radius 3 is 2.70 bits per heavy atom. The molecule has 1 heterocycles. The zero-order valence-corrected chi connectivity index (χ0v) is 16.0. The van der Waals surface area contributed by atoms with Crippen molar-refractivity contribution >= 4 is 22.2 Å². The number of hydrogen-bond donors (Lipinski definition) is 3. The van der Waals surface area contributed by atoms with E-state index in [0.717, 1.165) is 22.5 Å². The van der Waals surface area contributed by atoms with Gasteiger partial charge >= 0.3 is 6.18 Å². The van der Waals surface area contributed by atoms with Crippen LogP contribution >= 0.6 is 0 Å². The number of halogens is 5. The van der Waals surface area contributed by atoms with Crippen LogP contribution in [0.25, 0.3) is 16.5 Å². The maximum Gasteiger partial charge on any atom is 0.405 e. The van der Waals surface area contributed by atoms with E-state index in [9.17, 15) is 22.0 Å². The number of anilines is 1. The number of aromatic amines is 1. The van der Waals surface area contributed by atoms with Gasteiger partial charge in [0, 0.05) is 17.1 Å². The minimum absolute atomic E-state index is 0.0927. The average molecular weight is 422 g/mol. The molecule has 30 heavy (non-hydrogen) atoms. The van der Waals surface area contributed by atoms with Gasteiger partial charge in [-0.1, -0.05) is 12.7 Å². The number of alkyl halides is 3. The number of benzene rings is 2. The van der Waals surface area contributed by atoms with Crippen LogP contribution in [-0.4, -0.2) is 22.9 Å². The minimum Gasteiger partial charge on any atom is -0.363 e. The van der Waals surface area contributed by atoms with Gasteiger partial charge in [0.05, 0.1) is 17.5 Å². The third kappa shape index (κ3) is 5.37. The normalized spacial score (nSPS) is 12.7. The molecular weight excluding hydrogens is 403 g/mol. The lowest BCUT2D eigenvalue weighted by Crippen LogP contribution is -2.30. The lowest BCUT2D eigenvalue weighted by molar-refractivity contribution is -0.123. The first-order valence-electron chi connectivity index (χ1n) is 8.97. The van der Waals surface area contributed by atoms with Gasteiger partial charge in [-0.15, -0.1) is 0 Å². The van der Waals surface area contributed by atoms with Crippen molar-refractivity contribution in [2.24, 2.45) is 0 Å². The SMILES string of the molecule is C=C(NCC(F)(F)F)Nc1ccc2[nH]ncc2c1.CC1=CCc2c(F)cc(F)cc21. The van der Waals surface area contributed by atoms with E-state index in [1.807, 2.05) is 13.0 Å². The third-order valence-electron chi connectivity index (χ3n) is 4.44. The molecule has 3 N–H and O–H groups in total. The molecule has 0 fully saturated rings. The monoisotopic (exact) mass is 422 g/mol. The number of H-pyrrole nitrogens is 1. The van der Waals surface area contributed by atoms with Gasteiger partial charge < -0.3 is 10.6 Å². The molecule has 1 aliphatic carbocycles. The van der Waals surface area contributed by atoms with Crippen molar-refractivity contribution in [3.05, 3.63) is 77.8 Å². The zero-order chi connectivity index (χ0) is 21.9. The molecule has 0 amide bonds. The second-order valence-electron chi connectivity index (χ2n) is 6.75. The average Bonchev–Trinajstić information content (AvgIpc) is 3.27. The summed E-state index contributed by atoms with van der Waals surface area (Å²) in [6, 6.07) is 7.59. The summed E-state index contributed by atoms with van der Waals surface area (Å²) in [5.74, 6) is -0.839. The summed E-state index contributed by atoms with van der Waals surface area (Å²) in [5, 5.41) is 12.4. The lowest BCUT2D eigenvalue weighted by atomic mass is 10.1. The van der Waals surface area contributed by atoms with Crippen molar-refractivity contribution in [3.63, 3.8) is 0 Å². The highest BCUT2D eigenvalue weighted by molar-refractivity contribution is 5.82. The Morgan fingerprint density at radius 1 is 1.20 bits per heavy atom. The molecule has 0 bridgehead atoms. The van der Waals surface area contributed by atoms with Crippen molar-refractivity contribution in [1.29, 1.82) is 0 Å². The Kier molecular flexibility index (Phi) is 6.09. The van der Waals surface area contributed by atoms with E-state index in [-0.39, 0.29) is 5.82 Å². The molecule has 0 saturated heterocycles. The Hall–Kier alpha value is -3.36. The molecule has 2 aromatic carbocycles. The van der Waals surface area contributed by atoms with Gasteiger partial charge in [-0.3, -0.25) is 5.10 Å². The van der Waals surface area contributed by atoms with Crippen molar-refractivity contribution in [2.45, 2.75) is 19.5 Å². The number of aromatic nitrogens is 2. The second-order valence-corrected chi connectivity index (χ2v) is 6.75. The molecule has 0 saturated carbocycles. The quantitative estimate of drug-likeness (QED) is 0.485. The van der Waals surface area contributed by atoms with Gasteiger partial charge in [0.2, 0.25) is 0 Å². The van der Waals surface area contributed by atoms with Crippen LogP contribution in [0.2, 0.25) is 0 Å². The lowest BCUT2D eigenvalue weighted by Gasteiger charge is -2.13. The van der Waals surface area contributed by atoms with E-state index < -0.39 is 24.4 Å². The molecule has 3 aromatic rings. The summed E-state index contributed by atoms with van der Waals surface area (Å²) < 4.78 is 61.7. The summed E-state index contributed by atoms with van der Waals surface area (Å²) in [6.45, 7) is 4.22. The van der Waals surface area contributed by atoms with Crippen molar-refractivity contribution in [2.75, 3.05) is 11.9 Å². The predicted molar refractivity (Wildman–Crippen MR) is 107 cm³/mol. The topological polar surface area (TPSA) is 52.7 Å². The van der Waals surface area contributed by atoms with Gasteiger partial charge in [0.1, 0.15) is 18.2 Å². The maximum atomic E-state index is 13.1. The smallest absolute Gasteiger partial charge is 0.363 e. The molecule has 0 unspecified atom stereocenters. The molecule has 4 rings (SSSR count). The molecule has 0 spiro atoms. The first-order chi connectivity index (χ1) is 14.1. The highest BCUT2D eigenvalue weighted by atomic mass is 19.4. The van der Waals surface area contributed by atoms with Crippen LogP contribution < -0.4 is 10.6 Å². The van der Waals surface area contributed by atoms with Crippen LogP contribution in [0, 0.1) is 11.6 Å². The summed E-state index contributed by atoms with van der Waals surface area (Å²) in [5.41, 5.74) is 3.79. The third-order valence-corrected chi connectivity index (χ3v) is 4.44. The highest BCUT2D eigenvalue weighted by Crippen LogP contribution is 2.29. The molecule has 1 aromatic heterocycles. The second kappa shape index (κ2) is 8.56. The van der Waals surface area contributed by atoms with E-state index in [0.29, 0.717) is 23.2 Å². The fourth-order valence-electron chi connectivity index (χ4n) is 2.97. The summed E-state index contributed by atoms with van der Waals surface area (Å²) in [6.07, 6.45) is -0.133. The number of nitrogens with one attached hydrogen (secondary N) is 3. The first kappa shape index (κ1) is 21.4. The van der Waals surface area contributed by atoms with Crippen LogP contribution in [0.3, 0.4) is 0 Å². The first-order valence-corrected chi connectivity index (χ1v) is 8.97. The Bertz CT molecular complexity index is 1100. The molecule has 158 valence electrons. The van der Waals surface area contributed by atoms with E-state index in [1.54, 1.807) is 24.4 Å². The fraction of sp³-hybridized carbons (Fsp3) is 0.190. The maximum absolute atomic E-state index is 13.1. The fourth-order valence-corrected chi connectivity index (χ4v) is 2.97. The number of rotatable bonds is 4.